The van der Waals surface area contributed by atoms with E-state index < -0.39 is 0 Å². The zero-order valence-corrected chi connectivity index (χ0v) is 18.2. The number of nitrogens with zero attached hydrogens (tertiary/aromatic N) is 7. The van der Waals surface area contributed by atoms with Crippen molar-refractivity contribution in [2.45, 2.75) is 0 Å². The summed E-state index contributed by atoms with van der Waals surface area (Å²) in [5, 5.41) is 10.6. The summed E-state index contributed by atoms with van der Waals surface area (Å²) in [5.74, 6) is 0.323. The number of fused-ring (bicyclic) bond motifs is 2. The molecule has 1 aliphatic rings. The van der Waals surface area contributed by atoms with Gasteiger partial charge >= 0.3 is 0 Å². The fourth-order valence-electron chi connectivity index (χ4n) is 4.38. The Kier molecular flexibility index (Phi) is 4.87. The van der Waals surface area contributed by atoms with Crippen LogP contribution in [0, 0.1) is 5.82 Å². The molecule has 9 heteroatoms. The van der Waals surface area contributed by atoms with Crippen molar-refractivity contribution in [3.8, 4) is 5.69 Å². The Hall–Kier alpha value is -4.40. The lowest BCUT2D eigenvalue weighted by atomic mass is 10.1. The van der Waals surface area contributed by atoms with Crippen LogP contribution in [0.4, 0.5) is 10.2 Å². The average Bonchev–Trinajstić information content (AvgIpc) is 3.32. The van der Waals surface area contributed by atoms with Crippen LogP contribution in [0.1, 0.15) is 10.4 Å². The highest BCUT2D eigenvalue weighted by Crippen LogP contribution is 2.24. The van der Waals surface area contributed by atoms with Gasteiger partial charge in [-0.3, -0.25) is 4.79 Å². The van der Waals surface area contributed by atoms with E-state index in [1.807, 2.05) is 47.4 Å². The van der Waals surface area contributed by atoms with Gasteiger partial charge in [0.1, 0.15) is 12.1 Å². The number of anilines is 1. The molecule has 8 nitrogen and oxygen atoms in total. The van der Waals surface area contributed by atoms with Crippen molar-refractivity contribution in [3.05, 3.63) is 84.4 Å². The Balaban J connectivity index is 1.22. The van der Waals surface area contributed by atoms with E-state index in [0.717, 1.165) is 10.8 Å². The number of halogens is 1. The van der Waals surface area contributed by atoms with Crippen LogP contribution < -0.4 is 4.90 Å². The first-order valence-electron chi connectivity index (χ1n) is 11.0. The Labute approximate surface area is 194 Å². The molecule has 6 rings (SSSR count). The van der Waals surface area contributed by atoms with Gasteiger partial charge in [-0.05, 0) is 41.1 Å². The minimum absolute atomic E-state index is 0.0234. The van der Waals surface area contributed by atoms with Crippen LogP contribution in [0.25, 0.3) is 27.6 Å². The number of carbonyl (C=O) groups excluding carboxylic acids is 1. The first-order valence-corrected chi connectivity index (χ1v) is 11.0. The summed E-state index contributed by atoms with van der Waals surface area (Å²) in [6.45, 7) is 2.35. The molecule has 0 radical (unpaired) electrons. The fourth-order valence-corrected chi connectivity index (χ4v) is 4.38. The molecule has 0 spiro atoms. The monoisotopic (exact) mass is 453 g/mol. The molecule has 1 fully saturated rings. The van der Waals surface area contributed by atoms with Crippen molar-refractivity contribution in [2.75, 3.05) is 31.1 Å². The summed E-state index contributed by atoms with van der Waals surface area (Å²) in [7, 11) is 0. The molecule has 3 aromatic carbocycles. The van der Waals surface area contributed by atoms with Crippen LogP contribution in [0.5, 0.6) is 0 Å². The van der Waals surface area contributed by atoms with Crippen molar-refractivity contribution >= 4 is 33.7 Å². The largest absolute Gasteiger partial charge is 0.351 e. The highest BCUT2D eigenvalue weighted by molar-refractivity contribution is 5.98. The quantitative estimate of drug-likeness (QED) is 0.416. The van der Waals surface area contributed by atoms with Gasteiger partial charge in [0.25, 0.3) is 5.91 Å². The molecule has 2 aromatic heterocycles. The first-order chi connectivity index (χ1) is 16.7. The van der Waals surface area contributed by atoms with E-state index in [-0.39, 0.29) is 11.7 Å². The Morgan fingerprint density at radius 1 is 0.853 bits per heavy atom. The number of hydrogen-bond donors (Lipinski definition) is 0. The highest BCUT2D eigenvalue weighted by Gasteiger charge is 2.25. The normalized spacial score (nSPS) is 14.1. The number of carbonyl (C=O) groups is 1. The van der Waals surface area contributed by atoms with Crippen molar-refractivity contribution < 1.29 is 9.18 Å². The van der Waals surface area contributed by atoms with E-state index in [1.54, 1.807) is 12.1 Å². The molecule has 34 heavy (non-hydrogen) atoms. The third-order valence-electron chi connectivity index (χ3n) is 6.13. The molecular formula is C25H20FN7O. The van der Waals surface area contributed by atoms with E-state index in [1.165, 1.54) is 23.1 Å². The average molecular weight is 453 g/mol. The summed E-state index contributed by atoms with van der Waals surface area (Å²) in [5.41, 5.74) is 2.28. The van der Waals surface area contributed by atoms with Crippen molar-refractivity contribution in [1.29, 1.82) is 0 Å². The number of hydrogen-bond acceptors (Lipinski definition) is 6. The molecule has 0 bridgehead atoms. The number of aromatic nitrogens is 5. The number of benzene rings is 3. The third-order valence-corrected chi connectivity index (χ3v) is 6.13. The molecule has 1 aliphatic heterocycles. The SMILES string of the molecule is O=C(c1ccc2ccccc2c1)N1CCN(c2ncnc3c2nnn3-c2cccc(F)c2)CC1. The molecule has 1 amide bonds. The van der Waals surface area contributed by atoms with E-state index in [2.05, 4.69) is 25.2 Å². The van der Waals surface area contributed by atoms with Crippen molar-refractivity contribution in [1.82, 2.24) is 29.9 Å². The summed E-state index contributed by atoms with van der Waals surface area (Å²) in [6.07, 6.45) is 1.46. The predicted molar refractivity (Wildman–Crippen MR) is 126 cm³/mol. The van der Waals surface area contributed by atoms with Gasteiger partial charge in [-0.25, -0.2) is 14.4 Å². The van der Waals surface area contributed by atoms with Gasteiger partial charge in [0, 0.05) is 31.7 Å². The van der Waals surface area contributed by atoms with Crippen molar-refractivity contribution in [3.63, 3.8) is 0 Å². The maximum Gasteiger partial charge on any atom is 0.253 e. The van der Waals surface area contributed by atoms with Gasteiger partial charge < -0.3 is 9.80 Å². The summed E-state index contributed by atoms with van der Waals surface area (Å²) < 4.78 is 15.2. The second kappa shape index (κ2) is 8.18. The van der Waals surface area contributed by atoms with E-state index in [4.69, 9.17) is 0 Å². The van der Waals surface area contributed by atoms with E-state index in [0.29, 0.717) is 54.4 Å². The van der Waals surface area contributed by atoms with E-state index >= 15 is 0 Å². The maximum atomic E-state index is 13.7. The molecule has 168 valence electrons. The molecular weight excluding hydrogens is 433 g/mol. The Morgan fingerprint density at radius 3 is 2.50 bits per heavy atom. The lowest BCUT2D eigenvalue weighted by molar-refractivity contribution is 0.0747. The molecule has 1 saturated heterocycles. The van der Waals surface area contributed by atoms with Crippen LogP contribution in [0.15, 0.2) is 73.1 Å². The minimum Gasteiger partial charge on any atom is -0.351 e. The molecule has 0 saturated carbocycles. The van der Waals surface area contributed by atoms with Gasteiger partial charge in [-0.1, -0.05) is 41.6 Å². The maximum absolute atomic E-state index is 13.7. The standard InChI is InChI=1S/C25H20FN7O/c26-20-6-3-7-21(15-20)33-24-22(29-30-33)23(27-16-28-24)31-10-12-32(13-11-31)25(34)19-9-8-17-4-1-2-5-18(17)14-19/h1-9,14-16H,10-13H2. The van der Waals surface area contributed by atoms with Gasteiger partial charge in [-0.2, -0.15) is 4.68 Å². The smallest absolute Gasteiger partial charge is 0.253 e. The van der Waals surface area contributed by atoms with E-state index in [9.17, 15) is 9.18 Å². The van der Waals surface area contributed by atoms with Gasteiger partial charge in [-0.15, -0.1) is 5.10 Å². The lowest BCUT2D eigenvalue weighted by Gasteiger charge is -2.35. The Bertz CT molecular complexity index is 1520. The minimum atomic E-state index is -0.359. The summed E-state index contributed by atoms with van der Waals surface area (Å²) in [6, 6.07) is 20.0. The first kappa shape index (κ1) is 20.2. The molecule has 5 aromatic rings. The Morgan fingerprint density at radius 2 is 1.68 bits per heavy atom. The molecule has 0 aliphatic carbocycles. The van der Waals surface area contributed by atoms with Gasteiger partial charge in [0.15, 0.2) is 17.0 Å². The lowest BCUT2D eigenvalue weighted by Crippen LogP contribution is -2.49. The van der Waals surface area contributed by atoms with Gasteiger partial charge in [0.2, 0.25) is 0 Å². The third kappa shape index (κ3) is 3.51. The predicted octanol–water partition coefficient (Wildman–Crippen LogP) is 3.47. The van der Waals surface area contributed by atoms with Crippen LogP contribution in [-0.2, 0) is 0 Å². The molecule has 0 N–H and O–H groups in total. The van der Waals surface area contributed by atoms with Crippen LogP contribution in [0.3, 0.4) is 0 Å². The van der Waals surface area contributed by atoms with Crippen LogP contribution in [-0.4, -0.2) is 61.9 Å². The summed E-state index contributed by atoms with van der Waals surface area (Å²) >= 11 is 0. The summed E-state index contributed by atoms with van der Waals surface area (Å²) in [4.78, 5) is 25.8. The fraction of sp³-hybridized carbons (Fsp3) is 0.160. The number of amides is 1. The van der Waals surface area contributed by atoms with Gasteiger partial charge in [0.05, 0.1) is 5.69 Å². The number of piperazine rings is 1. The molecule has 0 unspecified atom stereocenters. The topological polar surface area (TPSA) is 80.0 Å². The second-order valence-corrected chi connectivity index (χ2v) is 8.19. The zero-order valence-electron chi connectivity index (χ0n) is 18.2. The van der Waals surface area contributed by atoms with Crippen molar-refractivity contribution in [2.24, 2.45) is 0 Å². The zero-order chi connectivity index (χ0) is 23.1. The van der Waals surface area contributed by atoms with Crippen LogP contribution >= 0.6 is 0 Å². The van der Waals surface area contributed by atoms with Crippen LogP contribution in [0.2, 0.25) is 0 Å². The highest BCUT2D eigenvalue weighted by atomic mass is 19.1. The molecule has 0 atom stereocenters. The second-order valence-electron chi connectivity index (χ2n) is 8.19. The number of rotatable bonds is 3. The molecule has 3 heterocycles.